The van der Waals surface area contributed by atoms with Crippen molar-refractivity contribution in [1.29, 1.82) is 0 Å². The minimum absolute atomic E-state index is 0.163. The predicted octanol–water partition coefficient (Wildman–Crippen LogP) is 3.30. The molecule has 5 aromatic rings. The van der Waals surface area contributed by atoms with Gasteiger partial charge in [0, 0.05) is 23.9 Å². The Labute approximate surface area is 183 Å². The van der Waals surface area contributed by atoms with Crippen molar-refractivity contribution >= 4 is 33.6 Å². The summed E-state index contributed by atoms with van der Waals surface area (Å²) < 4.78 is 0. The number of fused-ring (bicyclic) bond motifs is 2. The molecule has 2 amide bonds. The summed E-state index contributed by atoms with van der Waals surface area (Å²) in [7, 11) is 0. The quantitative estimate of drug-likeness (QED) is 0.335. The van der Waals surface area contributed by atoms with Crippen molar-refractivity contribution in [1.82, 2.24) is 31.0 Å². The Morgan fingerprint density at radius 3 is 1.66 bits per heavy atom. The van der Waals surface area contributed by atoms with Gasteiger partial charge in [0.05, 0.1) is 34.6 Å². The third-order valence-corrected chi connectivity index (χ3v) is 5.36. The highest BCUT2D eigenvalue weighted by Gasteiger charge is 2.12. The van der Waals surface area contributed by atoms with Gasteiger partial charge in [0.15, 0.2) is 0 Å². The van der Waals surface area contributed by atoms with Gasteiger partial charge in [0.1, 0.15) is 0 Å². The molecule has 8 nitrogen and oxygen atoms in total. The molecule has 0 spiro atoms. The lowest BCUT2D eigenvalue weighted by atomic mass is 10.1. The zero-order chi connectivity index (χ0) is 21.9. The van der Waals surface area contributed by atoms with Crippen molar-refractivity contribution < 1.29 is 9.59 Å². The normalized spacial score (nSPS) is 11.0. The molecule has 158 valence electrons. The fraction of sp³-hybridized carbons (Fsp3) is 0.0833. The summed E-state index contributed by atoms with van der Waals surface area (Å²) in [6.45, 7) is 0.756. The van der Waals surface area contributed by atoms with Crippen LogP contribution in [-0.2, 0) is 13.1 Å². The van der Waals surface area contributed by atoms with E-state index in [1.54, 1.807) is 24.5 Å². The lowest BCUT2D eigenvalue weighted by molar-refractivity contribution is 0.0945. The number of nitrogens with zero attached hydrogens (tertiary/aromatic N) is 2. The highest BCUT2D eigenvalue weighted by Crippen LogP contribution is 2.17. The number of hydrogen-bond donors (Lipinski definition) is 4. The van der Waals surface area contributed by atoms with E-state index in [-0.39, 0.29) is 11.8 Å². The summed E-state index contributed by atoms with van der Waals surface area (Å²) >= 11 is 0. The number of aromatic nitrogens is 4. The standard InChI is InChI=1S/C24H20N6O2/c31-23(17-6-2-8-21-19(17)13-27-29-21)25-11-15-4-1-5-16(10-15)12-26-24(32)18-7-3-9-22-20(18)14-28-30-22/h1-10,13-14H,11-12H2,(H,25,31)(H,26,32)(H,27,29)(H,28,30). The van der Waals surface area contributed by atoms with Crippen molar-refractivity contribution in [2.24, 2.45) is 0 Å². The molecule has 3 aromatic carbocycles. The SMILES string of the molecule is O=C(NCc1cccc(CNC(=O)c2cccc3[nH]ncc23)c1)c1cccc2[nH]ncc12. The zero-order valence-corrected chi connectivity index (χ0v) is 17.1. The van der Waals surface area contributed by atoms with E-state index in [0.717, 1.165) is 32.9 Å². The van der Waals surface area contributed by atoms with Crippen molar-refractivity contribution in [3.05, 3.63) is 95.3 Å². The van der Waals surface area contributed by atoms with Crippen molar-refractivity contribution in [3.8, 4) is 0 Å². The molecule has 2 heterocycles. The first-order valence-electron chi connectivity index (χ1n) is 10.2. The highest BCUT2D eigenvalue weighted by atomic mass is 16.2. The first-order chi connectivity index (χ1) is 15.7. The first-order valence-corrected chi connectivity index (χ1v) is 10.2. The summed E-state index contributed by atoms with van der Waals surface area (Å²) in [5.41, 5.74) is 4.69. The molecule has 0 atom stereocenters. The van der Waals surface area contributed by atoms with Crippen LogP contribution in [0, 0.1) is 0 Å². The van der Waals surface area contributed by atoms with Crippen LogP contribution in [0.25, 0.3) is 21.8 Å². The number of carbonyl (C=O) groups excluding carboxylic acids is 2. The van der Waals surface area contributed by atoms with Crippen LogP contribution >= 0.6 is 0 Å². The number of amides is 2. The Morgan fingerprint density at radius 2 is 1.16 bits per heavy atom. The number of rotatable bonds is 6. The molecular formula is C24H20N6O2. The van der Waals surface area contributed by atoms with Gasteiger partial charge in [-0.1, -0.05) is 36.4 Å². The van der Waals surface area contributed by atoms with Gasteiger partial charge in [-0.15, -0.1) is 0 Å². The molecule has 8 heteroatoms. The maximum atomic E-state index is 12.7. The Kier molecular flexibility index (Phi) is 5.09. The van der Waals surface area contributed by atoms with E-state index in [1.807, 2.05) is 48.5 Å². The highest BCUT2D eigenvalue weighted by molar-refractivity contribution is 6.06. The number of H-pyrrole nitrogens is 2. The fourth-order valence-electron chi connectivity index (χ4n) is 3.74. The van der Waals surface area contributed by atoms with Crippen molar-refractivity contribution in [2.45, 2.75) is 13.1 Å². The van der Waals surface area contributed by atoms with Gasteiger partial charge in [-0.2, -0.15) is 10.2 Å². The second-order valence-corrected chi connectivity index (χ2v) is 7.46. The summed E-state index contributed by atoms with van der Waals surface area (Å²) in [5, 5.41) is 21.2. The van der Waals surface area contributed by atoms with Crippen LogP contribution in [0.15, 0.2) is 73.1 Å². The molecule has 0 saturated carbocycles. The van der Waals surface area contributed by atoms with Gasteiger partial charge >= 0.3 is 0 Å². The van der Waals surface area contributed by atoms with E-state index >= 15 is 0 Å². The topological polar surface area (TPSA) is 116 Å². The average Bonchev–Trinajstić information content (AvgIpc) is 3.50. The molecular weight excluding hydrogens is 404 g/mol. The minimum atomic E-state index is -0.163. The van der Waals surface area contributed by atoms with Gasteiger partial charge in [-0.05, 0) is 35.4 Å². The van der Waals surface area contributed by atoms with E-state index < -0.39 is 0 Å². The van der Waals surface area contributed by atoms with E-state index in [0.29, 0.717) is 24.2 Å². The number of nitrogens with one attached hydrogen (secondary N) is 4. The third kappa shape index (κ3) is 3.81. The van der Waals surface area contributed by atoms with Gasteiger partial charge in [-0.3, -0.25) is 19.8 Å². The van der Waals surface area contributed by atoms with Crippen LogP contribution in [0.5, 0.6) is 0 Å². The van der Waals surface area contributed by atoms with Crippen molar-refractivity contribution in [3.63, 3.8) is 0 Å². The fourth-order valence-corrected chi connectivity index (χ4v) is 3.74. The minimum Gasteiger partial charge on any atom is -0.348 e. The lowest BCUT2D eigenvalue weighted by Gasteiger charge is -2.09. The van der Waals surface area contributed by atoms with Crippen LogP contribution in [0.1, 0.15) is 31.8 Å². The second kappa shape index (κ2) is 8.35. The predicted molar refractivity (Wildman–Crippen MR) is 121 cm³/mol. The van der Waals surface area contributed by atoms with Crippen LogP contribution < -0.4 is 10.6 Å². The molecule has 5 rings (SSSR count). The Balaban J connectivity index is 1.23. The Bertz CT molecular complexity index is 1330. The average molecular weight is 424 g/mol. The van der Waals surface area contributed by atoms with E-state index in [1.165, 1.54) is 0 Å². The molecule has 4 N–H and O–H groups in total. The molecule has 0 aliphatic carbocycles. The van der Waals surface area contributed by atoms with Crippen LogP contribution in [0.3, 0.4) is 0 Å². The molecule has 0 fully saturated rings. The van der Waals surface area contributed by atoms with E-state index in [2.05, 4.69) is 31.0 Å². The number of hydrogen-bond acceptors (Lipinski definition) is 4. The maximum Gasteiger partial charge on any atom is 0.252 e. The smallest absolute Gasteiger partial charge is 0.252 e. The first kappa shape index (κ1) is 19.5. The lowest BCUT2D eigenvalue weighted by Crippen LogP contribution is -2.24. The molecule has 0 saturated heterocycles. The Morgan fingerprint density at radius 1 is 0.688 bits per heavy atom. The molecule has 0 aliphatic rings. The summed E-state index contributed by atoms with van der Waals surface area (Å²) in [6, 6.07) is 18.7. The summed E-state index contributed by atoms with van der Waals surface area (Å²) in [5.74, 6) is -0.326. The van der Waals surface area contributed by atoms with Crippen molar-refractivity contribution in [2.75, 3.05) is 0 Å². The monoisotopic (exact) mass is 424 g/mol. The van der Waals surface area contributed by atoms with Crippen LogP contribution in [-0.4, -0.2) is 32.2 Å². The molecule has 0 bridgehead atoms. The number of benzene rings is 3. The summed E-state index contributed by atoms with van der Waals surface area (Å²) in [6.07, 6.45) is 3.30. The second-order valence-electron chi connectivity index (χ2n) is 7.46. The molecule has 2 aromatic heterocycles. The molecule has 0 unspecified atom stereocenters. The zero-order valence-electron chi connectivity index (χ0n) is 17.1. The molecule has 0 radical (unpaired) electrons. The summed E-state index contributed by atoms with van der Waals surface area (Å²) in [4.78, 5) is 25.3. The number of aromatic amines is 2. The molecule has 0 aliphatic heterocycles. The van der Waals surface area contributed by atoms with Gasteiger partial charge in [0.25, 0.3) is 11.8 Å². The van der Waals surface area contributed by atoms with Crippen LogP contribution in [0.2, 0.25) is 0 Å². The van der Waals surface area contributed by atoms with E-state index in [4.69, 9.17) is 0 Å². The number of carbonyl (C=O) groups is 2. The maximum absolute atomic E-state index is 12.7. The molecule has 32 heavy (non-hydrogen) atoms. The van der Waals surface area contributed by atoms with Gasteiger partial charge < -0.3 is 10.6 Å². The van der Waals surface area contributed by atoms with Gasteiger partial charge in [0.2, 0.25) is 0 Å². The third-order valence-electron chi connectivity index (χ3n) is 5.36. The van der Waals surface area contributed by atoms with E-state index in [9.17, 15) is 9.59 Å². The van der Waals surface area contributed by atoms with Gasteiger partial charge in [-0.25, -0.2) is 0 Å². The van der Waals surface area contributed by atoms with Crippen LogP contribution in [0.4, 0.5) is 0 Å². The largest absolute Gasteiger partial charge is 0.348 e. The Hall–Kier alpha value is -4.46.